The van der Waals surface area contributed by atoms with Gasteiger partial charge in [0, 0.05) is 43.9 Å². The minimum absolute atomic E-state index is 0.00879. The van der Waals surface area contributed by atoms with Crippen LogP contribution < -0.4 is 4.90 Å². The number of aromatic nitrogens is 3. The molecule has 0 N–H and O–H groups in total. The summed E-state index contributed by atoms with van der Waals surface area (Å²) in [6.45, 7) is 8.88. The molecule has 1 aromatic heterocycles. The maximum Gasteiger partial charge on any atom is 0.254 e. The highest BCUT2D eigenvalue weighted by Crippen LogP contribution is 2.19. The molecule has 0 fully saturated rings. The third-order valence-corrected chi connectivity index (χ3v) is 4.82. The van der Waals surface area contributed by atoms with Crippen LogP contribution in [0.15, 0.2) is 24.3 Å². The van der Waals surface area contributed by atoms with Crippen LogP contribution in [0.1, 0.15) is 49.2 Å². The van der Waals surface area contributed by atoms with Crippen molar-refractivity contribution in [1.29, 1.82) is 0 Å². The van der Waals surface area contributed by atoms with Crippen LogP contribution in [0.3, 0.4) is 0 Å². The van der Waals surface area contributed by atoms with Crippen molar-refractivity contribution in [2.45, 2.75) is 52.7 Å². The molecule has 0 saturated heterocycles. The number of benzene rings is 1. The van der Waals surface area contributed by atoms with E-state index in [9.17, 15) is 4.79 Å². The molecule has 25 heavy (non-hydrogen) atoms. The Morgan fingerprint density at radius 2 is 1.96 bits per heavy atom. The van der Waals surface area contributed by atoms with E-state index in [0.717, 1.165) is 43.3 Å². The first-order valence-electron chi connectivity index (χ1n) is 9.04. The third-order valence-electron chi connectivity index (χ3n) is 4.82. The van der Waals surface area contributed by atoms with Gasteiger partial charge in [-0.25, -0.2) is 0 Å². The molecule has 3 rings (SSSR count). The number of fused-ring (bicyclic) bond motifs is 1. The van der Waals surface area contributed by atoms with Crippen LogP contribution in [0.5, 0.6) is 0 Å². The van der Waals surface area contributed by atoms with E-state index in [0.29, 0.717) is 18.2 Å². The Morgan fingerprint density at radius 3 is 2.60 bits per heavy atom. The Balaban J connectivity index is 1.69. The average molecular weight is 341 g/mol. The lowest BCUT2D eigenvalue weighted by Crippen LogP contribution is -2.30. The SMILES string of the molecule is CCN(c1ccc(C(=O)N(C)Cc2nnc3n2CCC3)cc1)C(C)C. The van der Waals surface area contributed by atoms with Crippen LogP contribution in [0.2, 0.25) is 0 Å². The Morgan fingerprint density at radius 1 is 1.24 bits per heavy atom. The number of hydrogen-bond donors (Lipinski definition) is 0. The molecule has 1 aliphatic heterocycles. The first-order chi connectivity index (χ1) is 12.0. The van der Waals surface area contributed by atoms with Crippen molar-refractivity contribution in [2.24, 2.45) is 0 Å². The van der Waals surface area contributed by atoms with Crippen molar-refractivity contribution in [3.8, 4) is 0 Å². The van der Waals surface area contributed by atoms with Gasteiger partial charge in [-0.05, 0) is 51.5 Å². The highest BCUT2D eigenvalue weighted by atomic mass is 16.2. The molecule has 0 unspecified atom stereocenters. The summed E-state index contributed by atoms with van der Waals surface area (Å²) in [5.41, 5.74) is 1.85. The molecule has 2 aromatic rings. The standard InChI is InChI=1S/C19H27N5O/c1-5-23(14(2)3)16-10-8-15(9-11-16)19(25)22(4)13-18-21-20-17-7-6-12-24(17)18/h8-11,14H,5-7,12-13H2,1-4H3. The number of amides is 1. The fraction of sp³-hybridized carbons (Fsp3) is 0.526. The lowest BCUT2D eigenvalue weighted by atomic mass is 10.1. The quantitative estimate of drug-likeness (QED) is 0.811. The Kier molecular flexibility index (Phi) is 5.06. The van der Waals surface area contributed by atoms with E-state index in [4.69, 9.17) is 0 Å². The molecular formula is C19H27N5O. The average Bonchev–Trinajstić information content (AvgIpc) is 3.20. The largest absolute Gasteiger partial charge is 0.369 e. The van der Waals surface area contributed by atoms with E-state index >= 15 is 0 Å². The van der Waals surface area contributed by atoms with Crippen molar-refractivity contribution in [3.05, 3.63) is 41.5 Å². The molecular weight excluding hydrogens is 314 g/mol. The van der Waals surface area contributed by atoms with Gasteiger partial charge in [-0.1, -0.05) is 0 Å². The molecule has 0 saturated carbocycles. The molecule has 1 amide bonds. The molecule has 2 heterocycles. The fourth-order valence-electron chi connectivity index (χ4n) is 3.47. The lowest BCUT2D eigenvalue weighted by molar-refractivity contribution is 0.0780. The van der Waals surface area contributed by atoms with Crippen LogP contribution >= 0.6 is 0 Å². The molecule has 134 valence electrons. The Bertz CT molecular complexity index is 735. The third kappa shape index (κ3) is 3.52. The van der Waals surface area contributed by atoms with Crippen LogP contribution in [0.25, 0.3) is 0 Å². The molecule has 6 nitrogen and oxygen atoms in total. The second-order valence-corrected chi connectivity index (χ2v) is 6.88. The highest BCUT2D eigenvalue weighted by Gasteiger charge is 2.20. The van der Waals surface area contributed by atoms with Gasteiger partial charge in [0.2, 0.25) is 0 Å². The number of anilines is 1. The van der Waals surface area contributed by atoms with Crippen LogP contribution in [0, 0.1) is 0 Å². The Labute approximate surface area is 149 Å². The summed E-state index contributed by atoms with van der Waals surface area (Å²) < 4.78 is 2.13. The van der Waals surface area contributed by atoms with Gasteiger partial charge >= 0.3 is 0 Å². The van der Waals surface area contributed by atoms with Crippen molar-refractivity contribution in [2.75, 3.05) is 18.5 Å². The summed E-state index contributed by atoms with van der Waals surface area (Å²) in [6, 6.07) is 8.31. The molecule has 0 radical (unpaired) electrons. The summed E-state index contributed by atoms with van der Waals surface area (Å²) >= 11 is 0. The van der Waals surface area contributed by atoms with Crippen LogP contribution in [0.4, 0.5) is 5.69 Å². The van der Waals surface area contributed by atoms with Gasteiger partial charge in [0.15, 0.2) is 5.82 Å². The van der Waals surface area contributed by atoms with E-state index in [-0.39, 0.29) is 5.91 Å². The van der Waals surface area contributed by atoms with E-state index in [1.807, 2.05) is 31.3 Å². The molecule has 6 heteroatoms. The second kappa shape index (κ2) is 7.25. The summed E-state index contributed by atoms with van der Waals surface area (Å²) in [5.74, 6) is 1.92. The zero-order valence-corrected chi connectivity index (χ0v) is 15.6. The van der Waals surface area contributed by atoms with Gasteiger partial charge in [-0.2, -0.15) is 0 Å². The topological polar surface area (TPSA) is 54.3 Å². The van der Waals surface area contributed by atoms with Crippen molar-refractivity contribution >= 4 is 11.6 Å². The lowest BCUT2D eigenvalue weighted by Gasteiger charge is -2.27. The van der Waals surface area contributed by atoms with Crippen molar-refractivity contribution in [1.82, 2.24) is 19.7 Å². The van der Waals surface area contributed by atoms with Crippen molar-refractivity contribution in [3.63, 3.8) is 0 Å². The first kappa shape index (κ1) is 17.5. The molecule has 0 atom stereocenters. The number of carbonyl (C=O) groups is 1. The fourth-order valence-corrected chi connectivity index (χ4v) is 3.47. The zero-order chi connectivity index (χ0) is 18.0. The predicted molar refractivity (Wildman–Crippen MR) is 98.7 cm³/mol. The van der Waals surface area contributed by atoms with Gasteiger partial charge in [0.25, 0.3) is 5.91 Å². The van der Waals surface area contributed by atoms with Crippen molar-refractivity contribution < 1.29 is 4.79 Å². The summed E-state index contributed by atoms with van der Waals surface area (Å²) in [7, 11) is 1.82. The maximum atomic E-state index is 12.7. The zero-order valence-electron chi connectivity index (χ0n) is 15.6. The van der Waals surface area contributed by atoms with Gasteiger partial charge in [0.05, 0.1) is 6.54 Å². The normalized spacial score (nSPS) is 13.2. The number of nitrogens with zero attached hydrogens (tertiary/aromatic N) is 5. The van der Waals surface area contributed by atoms with Gasteiger partial charge < -0.3 is 14.4 Å². The monoisotopic (exact) mass is 341 g/mol. The van der Waals surface area contributed by atoms with Crippen LogP contribution in [-0.2, 0) is 19.5 Å². The minimum Gasteiger partial charge on any atom is -0.369 e. The number of carbonyl (C=O) groups excluding carboxylic acids is 1. The molecule has 0 bridgehead atoms. The van der Waals surface area contributed by atoms with Gasteiger partial charge in [-0.3, -0.25) is 4.79 Å². The predicted octanol–water partition coefficient (Wildman–Crippen LogP) is 2.73. The Hall–Kier alpha value is -2.37. The number of hydrogen-bond acceptors (Lipinski definition) is 4. The minimum atomic E-state index is 0.00879. The molecule has 1 aliphatic rings. The summed E-state index contributed by atoms with van der Waals surface area (Å²) in [5, 5.41) is 8.44. The van der Waals surface area contributed by atoms with Gasteiger partial charge in [-0.15, -0.1) is 10.2 Å². The molecule has 0 spiro atoms. The van der Waals surface area contributed by atoms with E-state index in [1.165, 1.54) is 0 Å². The molecule has 0 aliphatic carbocycles. The molecule has 1 aromatic carbocycles. The maximum absolute atomic E-state index is 12.7. The second-order valence-electron chi connectivity index (χ2n) is 6.88. The summed E-state index contributed by atoms with van der Waals surface area (Å²) in [6.07, 6.45) is 2.09. The van der Waals surface area contributed by atoms with E-state index < -0.39 is 0 Å². The first-order valence-corrected chi connectivity index (χ1v) is 9.04. The summed E-state index contributed by atoms with van der Waals surface area (Å²) in [4.78, 5) is 16.7. The van der Waals surface area contributed by atoms with Gasteiger partial charge in [0.1, 0.15) is 5.82 Å². The smallest absolute Gasteiger partial charge is 0.254 e. The van der Waals surface area contributed by atoms with Crippen LogP contribution in [-0.4, -0.2) is 45.2 Å². The number of aryl methyl sites for hydroxylation is 1. The van der Waals surface area contributed by atoms with E-state index in [1.54, 1.807) is 4.90 Å². The number of rotatable bonds is 6. The highest BCUT2D eigenvalue weighted by molar-refractivity contribution is 5.94. The van der Waals surface area contributed by atoms with E-state index in [2.05, 4.69) is 40.4 Å².